The number of piperidine rings is 1. The molecule has 3 aromatic heterocycles. The van der Waals surface area contributed by atoms with E-state index >= 15 is 0 Å². The van der Waals surface area contributed by atoms with Gasteiger partial charge in [-0.05, 0) is 36.9 Å². The molecule has 4 aromatic rings. The molecule has 1 atom stereocenters. The molecule has 1 saturated heterocycles. The first kappa shape index (κ1) is 22.9. The van der Waals surface area contributed by atoms with Crippen LogP contribution in [0.2, 0.25) is 0 Å². The molecule has 2 N–H and O–H groups in total. The molecular formula is C24H29ClN8. The van der Waals surface area contributed by atoms with Crippen molar-refractivity contribution in [3.63, 3.8) is 0 Å². The van der Waals surface area contributed by atoms with Crippen LogP contribution in [0, 0.1) is 5.92 Å². The highest BCUT2D eigenvalue weighted by Crippen LogP contribution is 2.33. The largest absolute Gasteiger partial charge is 0.356 e. The Morgan fingerprint density at radius 2 is 1.70 bits per heavy atom. The highest BCUT2D eigenvalue weighted by molar-refractivity contribution is 5.85. The van der Waals surface area contributed by atoms with Crippen LogP contribution in [0.5, 0.6) is 0 Å². The second kappa shape index (κ2) is 9.72. The van der Waals surface area contributed by atoms with Crippen molar-refractivity contribution in [2.24, 2.45) is 25.7 Å². The van der Waals surface area contributed by atoms with Crippen molar-refractivity contribution in [2.75, 3.05) is 24.5 Å². The lowest BCUT2D eigenvalue weighted by Crippen LogP contribution is -2.39. The Kier molecular flexibility index (Phi) is 6.76. The molecule has 0 saturated carbocycles. The predicted octanol–water partition coefficient (Wildman–Crippen LogP) is 3.54. The zero-order valence-electron chi connectivity index (χ0n) is 18.9. The molecule has 5 rings (SSSR count). The Morgan fingerprint density at radius 3 is 2.39 bits per heavy atom. The first-order valence-corrected chi connectivity index (χ1v) is 11.0. The number of aryl methyl sites for hydroxylation is 2. The number of anilines is 1. The van der Waals surface area contributed by atoms with Gasteiger partial charge in [0.05, 0.1) is 12.4 Å². The summed E-state index contributed by atoms with van der Waals surface area (Å²) in [7, 11) is 3.85. The third-order valence-electron chi connectivity index (χ3n) is 6.10. The molecule has 0 amide bonds. The molecule has 0 spiro atoms. The van der Waals surface area contributed by atoms with Gasteiger partial charge in [-0.3, -0.25) is 9.36 Å². The van der Waals surface area contributed by atoms with Gasteiger partial charge in [-0.25, -0.2) is 9.97 Å². The van der Waals surface area contributed by atoms with Crippen LogP contribution in [0.4, 0.5) is 5.82 Å². The molecule has 1 aromatic carbocycles. The minimum atomic E-state index is 0. The second-order valence-corrected chi connectivity index (χ2v) is 8.51. The molecule has 8 nitrogen and oxygen atoms in total. The van der Waals surface area contributed by atoms with Gasteiger partial charge in [0.2, 0.25) is 0 Å². The third kappa shape index (κ3) is 4.77. The molecule has 172 valence electrons. The van der Waals surface area contributed by atoms with Crippen LogP contribution in [0.15, 0.2) is 55.2 Å². The van der Waals surface area contributed by atoms with Crippen LogP contribution in [0.25, 0.3) is 33.6 Å². The lowest BCUT2D eigenvalue weighted by Gasteiger charge is -2.34. The quantitative estimate of drug-likeness (QED) is 0.485. The number of halogens is 1. The van der Waals surface area contributed by atoms with E-state index in [1.54, 1.807) is 0 Å². The summed E-state index contributed by atoms with van der Waals surface area (Å²) in [4.78, 5) is 12.2. The van der Waals surface area contributed by atoms with Crippen LogP contribution in [0.1, 0.15) is 12.8 Å². The van der Waals surface area contributed by atoms with Gasteiger partial charge in [-0.15, -0.1) is 12.4 Å². The van der Waals surface area contributed by atoms with E-state index < -0.39 is 0 Å². The minimum Gasteiger partial charge on any atom is -0.356 e. The first-order valence-electron chi connectivity index (χ1n) is 11.0. The maximum absolute atomic E-state index is 6.01. The van der Waals surface area contributed by atoms with E-state index in [0.29, 0.717) is 18.3 Å². The molecule has 1 fully saturated rings. The van der Waals surface area contributed by atoms with E-state index in [1.807, 2.05) is 60.5 Å². The van der Waals surface area contributed by atoms with E-state index in [1.165, 1.54) is 6.42 Å². The second-order valence-electron chi connectivity index (χ2n) is 8.51. The fourth-order valence-corrected chi connectivity index (χ4v) is 4.37. The Balaban J connectivity index is 0.00000259. The average molecular weight is 465 g/mol. The lowest BCUT2D eigenvalue weighted by molar-refractivity contribution is 0.422. The minimum absolute atomic E-state index is 0. The molecule has 4 heterocycles. The van der Waals surface area contributed by atoms with E-state index in [2.05, 4.69) is 33.3 Å². The van der Waals surface area contributed by atoms with Gasteiger partial charge in [-0.2, -0.15) is 10.2 Å². The van der Waals surface area contributed by atoms with Crippen LogP contribution < -0.4 is 10.6 Å². The molecule has 1 aliphatic heterocycles. The molecular weight excluding hydrogens is 436 g/mol. The van der Waals surface area contributed by atoms with E-state index in [0.717, 1.165) is 53.1 Å². The van der Waals surface area contributed by atoms with Crippen molar-refractivity contribution < 1.29 is 0 Å². The summed E-state index contributed by atoms with van der Waals surface area (Å²) >= 11 is 0. The topological polar surface area (TPSA) is 90.7 Å². The molecule has 0 aliphatic carbocycles. The fourth-order valence-electron chi connectivity index (χ4n) is 4.37. The number of benzene rings is 1. The van der Waals surface area contributed by atoms with Crippen LogP contribution in [0.3, 0.4) is 0 Å². The molecule has 1 aliphatic rings. The van der Waals surface area contributed by atoms with Gasteiger partial charge in [0, 0.05) is 68.0 Å². The van der Waals surface area contributed by atoms with Crippen LogP contribution in [-0.4, -0.2) is 49.2 Å². The van der Waals surface area contributed by atoms with E-state index in [9.17, 15) is 0 Å². The van der Waals surface area contributed by atoms with Crippen molar-refractivity contribution in [2.45, 2.75) is 12.8 Å². The number of nitrogens with zero attached hydrogens (tertiary/aromatic N) is 7. The van der Waals surface area contributed by atoms with Crippen molar-refractivity contribution in [3.05, 3.63) is 55.2 Å². The SMILES string of the molecule is Cl.Cn1cc(-c2cccc(-c3ncc(-c4cnn(C)c4)c(N4CCCC(CN)C4)n3)c2)cn1. The van der Waals surface area contributed by atoms with Crippen molar-refractivity contribution in [3.8, 4) is 33.6 Å². The van der Waals surface area contributed by atoms with Crippen molar-refractivity contribution in [1.82, 2.24) is 29.5 Å². The number of aromatic nitrogens is 6. The lowest BCUT2D eigenvalue weighted by atomic mass is 9.97. The zero-order chi connectivity index (χ0) is 22.1. The zero-order valence-corrected chi connectivity index (χ0v) is 19.7. The molecule has 0 bridgehead atoms. The Bertz CT molecular complexity index is 1230. The third-order valence-corrected chi connectivity index (χ3v) is 6.10. The number of hydrogen-bond donors (Lipinski definition) is 1. The number of hydrogen-bond acceptors (Lipinski definition) is 6. The van der Waals surface area contributed by atoms with Gasteiger partial charge in [0.15, 0.2) is 5.82 Å². The maximum atomic E-state index is 6.01. The van der Waals surface area contributed by atoms with Crippen LogP contribution in [-0.2, 0) is 14.1 Å². The summed E-state index contributed by atoms with van der Waals surface area (Å²) in [5.41, 5.74) is 11.2. The highest BCUT2D eigenvalue weighted by Gasteiger charge is 2.24. The van der Waals surface area contributed by atoms with Crippen LogP contribution >= 0.6 is 12.4 Å². The normalized spacial score (nSPS) is 16.0. The molecule has 0 radical (unpaired) electrons. The number of nitrogens with two attached hydrogens (primary N) is 1. The van der Waals surface area contributed by atoms with Gasteiger partial charge >= 0.3 is 0 Å². The predicted molar refractivity (Wildman–Crippen MR) is 133 cm³/mol. The molecule has 9 heteroatoms. The Morgan fingerprint density at radius 1 is 0.970 bits per heavy atom. The van der Waals surface area contributed by atoms with Gasteiger partial charge < -0.3 is 10.6 Å². The summed E-state index contributed by atoms with van der Waals surface area (Å²) in [6.45, 7) is 2.58. The van der Waals surface area contributed by atoms with E-state index in [-0.39, 0.29) is 12.4 Å². The average Bonchev–Trinajstić information content (AvgIpc) is 3.47. The highest BCUT2D eigenvalue weighted by atomic mass is 35.5. The standard InChI is InChI=1S/C24H28N8.ClH/c1-30-15-20(11-27-30)18-6-3-7-19(9-18)23-26-13-22(21-12-28-31(2)16-21)24(29-23)32-8-4-5-17(10-25)14-32;/h3,6-7,9,11-13,15-17H,4-5,8,10,14,25H2,1-2H3;1H. The Labute approximate surface area is 199 Å². The number of rotatable bonds is 5. The summed E-state index contributed by atoms with van der Waals surface area (Å²) in [6.07, 6.45) is 12.0. The first-order chi connectivity index (χ1) is 15.6. The fraction of sp³-hybridized carbons (Fsp3) is 0.333. The van der Waals surface area contributed by atoms with Crippen molar-refractivity contribution >= 4 is 18.2 Å². The summed E-state index contributed by atoms with van der Waals surface area (Å²) in [5, 5.41) is 8.65. The molecule has 33 heavy (non-hydrogen) atoms. The molecule has 1 unspecified atom stereocenters. The smallest absolute Gasteiger partial charge is 0.161 e. The van der Waals surface area contributed by atoms with Gasteiger partial charge in [0.25, 0.3) is 0 Å². The monoisotopic (exact) mass is 464 g/mol. The van der Waals surface area contributed by atoms with Gasteiger partial charge in [-0.1, -0.05) is 18.2 Å². The van der Waals surface area contributed by atoms with Crippen molar-refractivity contribution in [1.29, 1.82) is 0 Å². The van der Waals surface area contributed by atoms with E-state index in [4.69, 9.17) is 15.7 Å². The summed E-state index contributed by atoms with van der Waals surface area (Å²) < 4.78 is 3.62. The van der Waals surface area contributed by atoms with Gasteiger partial charge in [0.1, 0.15) is 5.82 Å². The maximum Gasteiger partial charge on any atom is 0.161 e. The summed E-state index contributed by atoms with van der Waals surface area (Å²) in [6, 6.07) is 8.31. The Hall–Kier alpha value is -3.23. The summed E-state index contributed by atoms with van der Waals surface area (Å²) in [5.74, 6) is 2.15.